The molecule has 134 valence electrons. The molecular weight excluding hydrogens is 324 g/mol. The third-order valence-corrected chi connectivity index (χ3v) is 4.50. The van der Waals surface area contributed by atoms with Gasteiger partial charge in [0.2, 0.25) is 5.91 Å². The van der Waals surface area contributed by atoms with Gasteiger partial charge in [0, 0.05) is 46.2 Å². The maximum Gasteiger partial charge on any atom is 0.272 e. The van der Waals surface area contributed by atoms with Gasteiger partial charge in [-0.25, -0.2) is 4.98 Å². The second-order valence-corrected chi connectivity index (χ2v) is 6.11. The Morgan fingerprint density at radius 3 is 1.84 bits per heavy atom. The Morgan fingerprint density at radius 1 is 0.840 bits per heavy atom. The minimum atomic E-state index is -0.208. The number of amides is 3. The number of piperazine rings is 1. The van der Waals surface area contributed by atoms with E-state index in [1.165, 1.54) is 6.92 Å². The summed E-state index contributed by atoms with van der Waals surface area (Å²) in [4.78, 5) is 45.9. The van der Waals surface area contributed by atoms with Gasteiger partial charge in [-0.05, 0) is 12.1 Å². The molecule has 0 N–H and O–H groups in total. The molecule has 0 spiro atoms. The molecule has 2 saturated heterocycles. The van der Waals surface area contributed by atoms with Crippen LogP contribution >= 0.6 is 0 Å². The van der Waals surface area contributed by atoms with E-state index < -0.39 is 0 Å². The highest BCUT2D eigenvalue weighted by Crippen LogP contribution is 2.10. The fourth-order valence-corrected chi connectivity index (χ4v) is 2.99. The van der Waals surface area contributed by atoms with E-state index in [9.17, 15) is 14.4 Å². The molecule has 0 aliphatic carbocycles. The Hall–Kier alpha value is -2.48. The van der Waals surface area contributed by atoms with Crippen molar-refractivity contribution in [3.63, 3.8) is 0 Å². The van der Waals surface area contributed by atoms with Crippen molar-refractivity contribution in [3.05, 3.63) is 29.6 Å². The van der Waals surface area contributed by atoms with E-state index in [2.05, 4.69) is 4.98 Å². The number of hydrogen-bond acceptors (Lipinski definition) is 5. The van der Waals surface area contributed by atoms with Gasteiger partial charge in [-0.15, -0.1) is 0 Å². The van der Waals surface area contributed by atoms with E-state index in [-0.39, 0.29) is 29.1 Å². The molecule has 3 rings (SSSR count). The summed E-state index contributed by atoms with van der Waals surface area (Å²) in [6.45, 7) is 5.62. The highest BCUT2D eigenvalue weighted by atomic mass is 16.5. The maximum atomic E-state index is 12.6. The molecule has 8 nitrogen and oxygen atoms in total. The third-order valence-electron chi connectivity index (χ3n) is 4.50. The van der Waals surface area contributed by atoms with Gasteiger partial charge in [0.1, 0.15) is 11.4 Å². The van der Waals surface area contributed by atoms with E-state index in [0.29, 0.717) is 52.5 Å². The molecule has 0 atom stereocenters. The summed E-state index contributed by atoms with van der Waals surface area (Å²) in [7, 11) is 0. The zero-order valence-electron chi connectivity index (χ0n) is 14.3. The number of hydrogen-bond donors (Lipinski definition) is 0. The second kappa shape index (κ2) is 7.60. The van der Waals surface area contributed by atoms with Crippen LogP contribution in [0.5, 0.6) is 0 Å². The van der Waals surface area contributed by atoms with E-state index in [1.807, 2.05) is 0 Å². The molecule has 2 aliphatic rings. The first-order valence-electron chi connectivity index (χ1n) is 8.45. The van der Waals surface area contributed by atoms with Crippen molar-refractivity contribution in [1.82, 2.24) is 19.7 Å². The summed E-state index contributed by atoms with van der Waals surface area (Å²) in [5.41, 5.74) is 0.533. The van der Waals surface area contributed by atoms with Crippen LogP contribution in [-0.4, -0.2) is 89.9 Å². The smallest absolute Gasteiger partial charge is 0.272 e. The zero-order valence-corrected chi connectivity index (χ0v) is 14.3. The average molecular weight is 346 g/mol. The van der Waals surface area contributed by atoms with Gasteiger partial charge in [0.15, 0.2) is 0 Å². The van der Waals surface area contributed by atoms with Crippen LogP contribution in [-0.2, 0) is 9.53 Å². The number of rotatable bonds is 2. The average Bonchev–Trinajstić information content (AvgIpc) is 2.67. The molecule has 1 aromatic rings. The zero-order chi connectivity index (χ0) is 17.8. The lowest BCUT2D eigenvalue weighted by Gasteiger charge is -2.34. The molecule has 0 bridgehead atoms. The van der Waals surface area contributed by atoms with Gasteiger partial charge >= 0.3 is 0 Å². The molecule has 2 fully saturated rings. The number of carbonyl (C=O) groups excluding carboxylic acids is 3. The lowest BCUT2D eigenvalue weighted by atomic mass is 10.2. The lowest BCUT2D eigenvalue weighted by Crippen LogP contribution is -2.50. The fourth-order valence-electron chi connectivity index (χ4n) is 2.99. The van der Waals surface area contributed by atoms with Gasteiger partial charge in [-0.3, -0.25) is 14.4 Å². The van der Waals surface area contributed by atoms with Gasteiger partial charge < -0.3 is 19.4 Å². The van der Waals surface area contributed by atoms with E-state index in [1.54, 1.807) is 32.9 Å². The van der Waals surface area contributed by atoms with Crippen molar-refractivity contribution in [2.24, 2.45) is 0 Å². The highest BCUT2D eigenvalue weighted by molar-refractivity contribution is 5.96. The Bertz CT molecular complexity index is 664. The maximum absolute atomic E-state index is 12.6. The SMILES string of the molecule is CC(=O)N1CCN(C(=O)c2cccc(C(=O)N3CCOCC3)n2)CC1. The molecule has 3 amide bonds. The first-order chi connectivity index (χ1) is 12.1. The topological polar surface area (TPSA) is 83.1 Å². The van der Waals surface area contributed by atoms with Crippen LogP contribution in [0, 0.1) is 0 Å². The Kier molecular flexibility index (Phi) is 5.28. The molecule has 0 radical (unpaired) electrons. The van der Waals surface area contributed by atoms with Crippen molar-refractivity contribution >= 4 is 17.7 Å². The minimum Gasteiger partial charge on any atom is -0.378 e. The number of morpholine rings is 1. The number of aromatic nitrogens is 1. The molecule has 0 aromatic carbocycles. The third kappa shape index (κ3) is 3.96. The van der Waals surface area contributed by atoms with Crippen LogP contribution in [0.2, 0.25) is 0 Å². The second-order valence-electron chi connectivity index (χ2n) is 6.11. The van der Waals surface area contributed by atoms with Gasteiger partial charge in [0.05, 0.1) is 13.2 Å². The number of pyridine rings is 1. The Labute approximate surface area is 146 Å². The van der Waals surface area contributed by atoms with Crippen molar-refractivity contribution in [2.75, 3.05) is 52.5 Å². The number of ether oxygens (including phenoxy) is 1. The molecule has 3 heterocycles. The van der Waals surface area contributed by atoms with Crippen molar-refractivity contribution in [2.45, 2.75) is 6.92 Å². The molecule has 0 saturated carbocycles. The molecular formula is C17H22N4O4. The number of carbonyl (C=O) groups is 3. The molecule has 1 aromatic heterocycles. The highest BCUT2D eigenvalue weighted by Gasteiger charge is 2.25. The minimum absolute atomic E-state index is 0.0170. The van der Waals surface area contributed by atoms with E-state index in [4.69, 9.17) is 4.74 Å². The quantitative estimate of drug-likeness (QED) is 0.744. The monoisotopic (exact) mass is 346 g/mol. The standard InChI is InChI=1S/C17H22N4O4/c1-13(22)19-5-7-20(8-6-19)16(23)14-3-2-4-15(18-14)17(24)21-9-11-25-12-10-21/h2-4H,5-12H2,1H3. The van der Waals surface area contributed by atoms with Crippen molar-refractivity contribution in [3.8, 4) is 0 Å². The van der Waals surface area contributed by atoms with Gasteiger partial charge in [0.25, 0.3) is 11.8 Å². The van der Waals surface area contributed by atoms with Gasteiger partial charge in [-0.1, -0.05) is 6.07 Å². The summed E-state index contributed by atoms with van der Waals surface area (Å²) in [6.07, 6.45) is 0. The Balaban J connectivity index is 1.67. The molecule has 0 unspecified atom stereocenters. The molecule has 25 heavy (non-hydrogen) atoms. The van der Waals surface area contributed by atoms with Crippen molar-refractivity contribution in [1.29, 1.82) is 0 Å². The van der Waals surface area contributed by atoms with Gasteiger partial charge in [-0.2, -0.15) is 0 Å². The van der Waals surface area contributed by atoms with Crippen LogP contribution in [0.3, 0.4) is 0 Å². The number of nitrogens with zero attached hydrogens (tertiary/aromatic N) is 4. The predicted molar refractivity (Wildman–Crippen MR) is 89.1 cm³/mol. The summed E-state index contributed by atoms with van der Waals surface area (Å²) < 4.78 is 5.25. The van der Waals surface area contributed by atoms with Crippen LogP contribution in [0.1, 0.15) is 27.9 Å². The summed E-state index contributed by atoms with van der Waals surface area (Å²) in [5, 5.41) is 0. The summed E-state index contributed by atoms with van der Waals surface area (Å²) in [6, 6.07) is 4.93. The van der Waals surface area contributed by atoms with Crippen LogP contribution < -0.4 is 0 Å². The van der Waals surface area contributed by atoms with Crippen LogP contribution in [0.25, 0.3) is 0 Å². The normalized spacial score (nSPS) is 18.2. The Morgan fingerprint density at radius 2 is 1.32 bits per heavy atom. The fraction of sp³-hybridized carbons (Fsp3) is 0.529. The van der Waals surface area contributed by atoms with E-state index in [0.717, 1.165) is 0 Å². The largest absolute Gasteiger partial charge is 0.378 e. The van der Waals surface area contributed by atoms with Crippen LogP contribution in [0.4, 0.5) is 0 Å². The summed E-state index contributed by atoms with van der Waals surface area (Å²) in [5.74, 6) is -0.373. The van der Waals surface area contributed by atoms with Crippen molar-refractivity contribution < 1.29 is 19.1 Å². The first kappa shape index (κ1) is 17.3. The molecule has 8 heteroatoms. The van der Waals surface area contributed by atoms with Crippen LogP contribution in [0.15, 0.2) is 18.2 Å². The first-order valence-corrected chi connectivity index (χ1v) is 8.45. The summed E-state index contributed by atoms with van der Waals surface area (Å²) >= 11 is 0. The van der Waals surface area contributed by atoms with E-state index >= 15 is 0 Å². The molecule has 2 aliphatic heterocycles. The lowest BCUT2D eigenvalue weighted by molar-refractivity contribution is -0.130. The predicted octanol–water partition coefficient (Wildman–Crippen LogP) is -0.142.